The Labute approximate surface area is 211 Å². The maximum atomic E-state index is 13.4. The Bertz CT molecular complexity index is 1370. The van der Waals surface area contributed by atoms with Crippen molar-refractivity contribution in [3.05, 3.63) is 108 Å². The number of likely N-dealkylation sites (tertiary alicyclic amines) is 1. The number of aryl methyl sites for hydroxylation is 1. The number of nitrogens with one attached hydrogen (secondary N) is 1. The molecule has 0 saturated carbocycles. The van der Waals surface area contributed by atoms with Crippen LogP contribution in [0.25, 0.3) is 17.1 Å². The number of carbonyl (C=O) groups is 2. The van der Waals surface area contributed by atoms with Gasteiger partial charge in [0.05, 0.1) is 11.0 Å². The number of para-hydroxylation sites is 2. The number of hydrogen-bond donors (Lipinski definition) is 1. The van der Waals surface area contributed by atoms with Crippen LogP contribution in [0.1, 0.15) is 35.8 Å². The summed E-state index contributed by atoms with van der Waals surface area (Å²) >= 11 is 0. The largest absolute Gasteiger partial charge is 0.342 e. The summed E-state index contributed by atoms with van der Waals surface area (Å²) in [5.74, 6) is 0.643. The van der Waals surface area contributed by atoms with Crippen molar-refractivity contribution in [2.24, 2.45) is 13.0 Å². The second-order valence-corrected chi connectivity index (χ2v) is 9.21. The normalized spacial score (nSPS) is 15.3. The van der Waals surface area contributed by atoms with Crippen molar-refractivity contribution in [2.75, 3.05) is 13.1 Å². The summed E-state index contributed by atoms with van der Waals surface area (Å²) < 4.78 is 2.05. The molecule has 0 aliphatic carbocycles. The second kappa shape index (κ2) is 10.6. The molecule has 1 fully saturated rings. The van der Waals surface area contributed by atoms with Gasteiger partial charge in [-0.2, -0.15) is 0 Å². The molecule has 182 valence electrons. The van der Waals surface area contributed by atoms with Crippen molar-refractivity contribution < 1.29 is 9.59 Å². The van der Waals surface area contributed by atoms with Crippen LogP contribution in [0.15, 0.2) is 91.0 Å². The molecule has 0 spiro atoms. The van der Waals surface area contributed by atoms with Crippen molar-refractivity contribution in [1.82, 2.24) is 19.8 Å². The number of imidazole rings is 1. The molecule has 5 rings (SSSR count). The Morgan fingerprint density at radius 2 is 1.56 bits per heavy atom. The lowest BCUT2D eigenvalue weighted by Crippen LogP contribution is -2.43. The Hall–Kier alpha value is -4.19. The van der Waals surface area contributed by atoms with Gasteiger partial charge in [-0.15, -0.1) is 0 Å². The summed E-state index contributed by atoms with van der Waals surface area (Å²) in [6.45, 7) is 1.14. The highest BCUT2D eigenvalue weighted by molar-refractivity contribution is 5.92. The van der Waals surface area contributed by atoms with Gasteiger partial charge in [0, 0.05) is 32.1 Å². The molecule has 1 N–H and O–H groups in total. The molecule has 1 atom stereocenters. The van der Waals surface area contributed by atoms with Gasteiger partial charge in [-0.05, 0) is 42.2 Å². The van der Waals surface area contributed by atoms with Crippen LogP contribution in [0.4, 0.5) is 0 Å². The number of nitrogens with zero attached hydrogens (tertiary/aromatic N) is 3. The lowest BCUT2D eigenvalue weighted by molar-refractivity contribution is -0.132. The number of carbonyl (C=O) groups excluding carboxylic acids is 2. The number of rotatable bonds is 6. The van der Waals surface area contributed by atoms with Crippen LogP contribution in [-0.4, -0.2) is 39.4 Å². The van der Waals surface area contributed by atoms with Gasteiger partial charge in [0.1, 0.15) is 11.9 Å². The number of fused-ring (bicyclic) bond motifs is 1. The molecule has 1 aliphatic rings. The van der Waals surface area contributed by atoms with Crippen LogP contribution in [0.3, 0.4) is 0 Å². The van der Waals surface area contributed by atoms with Crippen molar-refractivity contribution in [2.45, 2.75) is 18.9 Å². The summed E-state index contributed by atoms with van der Waals surface area (Å²) in [4.78, 5) is 32.7. The summed E-state index contributed by atoms with van der Waals surface area (Å²) in [6.07, 6.45) is 4.73. The minimum Gasteiger partial charge on any atom is -0.342 e. The van der Waals surface area contributed by atoms with Crippen LogP contribution < -0.4 is 5.32 Å². The van der Waals surface area contributed by atoms with Gasteiger partial charge in [-0.25, -0.2) is 4.98 Å². The summed E-state index contributed by atoms with van der Waals surface area (Å²) in [5.41, 5.74) is 3.91. The highest BCUT2D eigenvalue weighted by Crippen LogP contribution is 2.27. The molecular formula is C30H30N4O2. The SMILES string of the molecule is Cn1c(C(NC(=O)C2CCN(C(=O)/C=C/c3ccccc3)CC2)c2ccccc2)nc2ccccc21. The van der Waals surface area contributed by atoms with Crippen molar-refractivity contribution >= 4 is 28.9 Å². The van der Waals surface area contributed by atoms with Gasteiger partial charge in [-0.1, -0.05) is 72.8 Å². The third kappa shape index (κ3) is 5.08. The molecule has 1 saturated heterocycles. The first kappa shape index (κ1) is 23.5. The number of aromatic nitrogens is 2. The van der Waals surface area contributed by atoms with Gasteiger partial charge in [-0.3, -0.25) is 9.59 Å². The van der Waals surface area contributed by atoms with E-state index in [1.165, 1.54) is 0 Å². The smallest absolute Gasteiger partial charge is 0.246 e. The zero-order valence-electron chi connectivity index (χ0n) is 20.4. The van der Waals surface area contributed by atoms with E-state index in [1.807, 2.05) is 108 Å². The molecule has 1 aromatic heterocycles. The fourth-order valence-electron chi connectivity index (χ4n) is 4.82. The van der Waals surface area contributed by atoms with Crippen molar-refractivity contribution in [3.8, 4) is 0 Å². The number of benzene rings is 3. The van der Waals surface area contributed by atoms with Gasteiger partial charge in [0.25, 0.3) is 0 Å². The monoisotopic (exact) mass is 478 g/mol. The molecule has 1 unspecified atom stereocenters. The van der Waals surface area contributed by atoms with Crippen LogP contribution in [0.5, 0.6) is 0 Å². The quantitative estimate of drug-likeness (QED) is 0.408. The molecule has 1 aliphatic heterocycles. The predicted molar refractivity (Wildman–Crippen MR) is 142 cm³/mol. The van der Waals surface area contributed by atoms with E-state index in [1.54, 1.807) is 6.08 Å². The molecule has 0 radical (unpaired) electrons. The maximum absolute atomic E-state index is 13.4. The first-order chi connectivity index (χ1) is 17.6. The number of piperidine rings is 1. The molecule has 2 amide bonds. The Kier molecular flexibility index (Phi) is 6.94. The highest BCUT2D eigenvalue weighted by Gasteiger charge is 2.30. The molecule has 6 nitrogen and oxygen atoms in total. The third-order valence-electron chi connectivity index (χ3n) is 6.89. The summed E-state index contributed by atoms with van der Waals surface area (Å²) in [6, 6.07) is 27.4. The van der Waals surface area contributed by atoms with Gasteiger partial charge >= 0.3 is 0 Å². The average Bonchev–Trinajstić information content (AvgIpc) is 3.27. The Morgan fingerprint density at radius 1 is 0.917 bits per heavy atom. The Balaban J connectivity index is 1.27. The average molecular weight is 479 g/mol. The molecule has 6 heteroatoms. The van der Waals surface area contributed by atoms with Gasteiger partial charge < -0.3 is 14.8 Å². The van der Waals surface area contributed by atoms with E-state index in [0.29, 0.717) is 25.9 Å². The molecule has 4 aromatic rings. The zero-order valence-corrected chi connectivity index (χ0v) is 20.4. The van der Waals surface area contributed by atoms with Crippen molar-refractivity contribution in [3.63, 3.8) is 0 Å². The Morgan fingerprint density at radius 3 is 2.25 bits per heavy atom. The van der Waals surface area contributed by atoms with Gasteiger partial charge in [0.2, 0.25) is 11.8 Å². The first-order valence-electron chi connectivity index (χ1n) is 12.4. The van der Waals surface area contributed by atoms with E-state index in [0.717, 1.165) is 28.0 Å². The number of amides is 2. The lowest BCUT2D eigenvalue weighted by atomic mass is 9.94. The molecular weight excluding hydrogens is 448 g/mol. The van der Waals surface area contributed by atoms with E-state index in [4.69, 9.17) is 4.98 Å². The molecule has 2 heterocycles. The van der Waals surface area contributed by atoms with Crippen LogP contribution in [-0.2, 0) is 16.6 Å². The van der Waals surface area contributed by atoms with E-state index < -0.39 is 0 Å². The van der Waals surface area contributed by atoms with E-state index in [-0.39, 0.29) is 23.8 Å². The standard InChI is InChI=1S/C30H30N4O2/c1-33-26-15-9-8-14-25(26)31-29(33)28(23-12-6-3-7-13-23)32-30(36)24-18-20-34(21-19-24)27(35)17-16-22-10-4-2-5-11-22/h2-17,24,28H,18-21H2,1H3,(H,32,36)/b17-16+. The van der Waals surface area contributed by atoms with Crippen molar-refractivity contribution in [1.29, 1.82) is 0 Å². The van der Waals surface area contributed by atoms with Gasteiger partial charge in [0.15, 0.2) is 0 Å². The zero-order chi connectivity index (χ0) is 24.9. The first-order valence-corrected chi connectivity index (χ1v) is 12.4. The van der Waals surface area contributed by atoms with E-state index >= 15 is 0 Å². The number of hydrogen-bond acceptors (Lipinski definition) is 3. The van der Waals surface area contributed by atoms with E-state index in [9.17, 15) is 9.59 Å². The van der Waals surface area contributed by atoms with E-state index in [2.05, 4.69) is 5.32 Å². The van der Waals surface area contributed by atoms with Crippen LogP contribution in [0.2, 0.25) is 0 Å². The highest BCUT2D eigenvalue weighted by atomic mass is 16.2. The van der Waals surface area contributed by atoms with Crippen LogP contribution in [0, 0.1) is 5.92 Å². The molecule has 3 aromatic carbocycles. The molecule has 0 bridgehead atoms. The second-order valence-electron chi connectivity index (χ2n) is 9.21. The fourth-order valence-corrected chi connectivity index (χ4v) is 4.82. The minimum absolute atomic E-state index is 0.00263. The molecule has 36 heavy (non-hydrogen) atoms. The lowest BCUT2D eigenvalue weighted by Gasteiger charge is -2.31. The minimum atomic E-state index is -0.357. The third-order valence-corrected chi connectivity index (χ3v) is 6.89. The summed E-state index contributed by atoms with van der Waals surface area (Å²) in [7, 11) is 1.99. The summed E-state index contributed by atoms with van der Waals surface area (Å²) in [5, 5.41) is 3.27. The predicted octanol–water partition coefficient (Wildman–Crippen LogP) is 4.73. The fraction of sp³-hybridized carbons (Fsp3) is 0.233. The topological polar surface area (TPSA) is 67.2 Å². The van der Waals surface area contributed by atoms with Crippen LogP contribution >= 0.6 is 0 Å². The maximum Gasteiger partial charge on any atom is 0.246 e.